The van der Waals surface area contributed by atoms with E-state index in [4.69, 9.17) is 4.74 Å². The van der Waals surface area contributed by atoms with Gasteiger partial charge < -0.3 is 4.74 Å². The molecule has 0 amide bonds. The fourth-order valence-corrected chi connectivity index (χ4v) is 2.21. The fraction of sp³-hybridized carbons (Fsp3) is 0.267. The van der Waals surface area contributed by atoms with E-state index in [0.29, 0.717) is 23.1 Å². The summed E-state index contributed by atoms with van der Waals surface area (Å²) in [6, 6.07) is 9.50. The molecule has 0 bridgehead atoms. The summed E-state index contributed by atoms with van der Waals surface area (Å²) in [6.45, 7) is 6.11. The lowest BCUT2D eigenvalue weighted by Crippen LogP contribution is -2.08. The number of benzene rings is 1. The van der Waals surface area contributed by atoms with Crippen molar-refractivity contribution < 1.29 is 9.53 Å². The molecule has 0 spiro atoms. The second kappa shape index (κ2) is 6.96. The Balaban J connectivity index is 2.05. The number of allylic oxidation sites excluding steroid dienone is 1. The maximum atomic E-state index is 12.1. The lowest BCUT2D eigenvalue weighted by atomic mass is 10.1. The molecule has 0 saturated heterocycles. The highest BCUT2D eigenvalue weighted by Gasteiger charge is 2.19. The number of nitrogens with zero attached hydrogens (tertiary/aromatic N) is 2. The van der Waals surface area contributed by atoms with Gasteiger partial charge in [0, 0.05) is 5.56 Å². The molecule has 1 unspecified atom stereocenters. The molecule has 1 aromatic carbocycles. The first-order valence-corrected chi connectivity index (χ1v) is 7.17. The molecule has 5 heteroatoms. The van der Waals surface area contributed by atoms with Gasteiger partial charge in [0.05, 0.1) is 6.61 Å². The van der Waals surface area contributed by atoms with Crippen LogP contribution in [0.4, 0.5) is 0 Å². The van der Waals surface area contributed by atoms with Crippen LogP contribution in [0.2, 0.25) is 0 Å². The quantitative estimate of drug-likeness (QED) is 0.602. The van der Waals surface area contributed by atoms with Crippen molar-refractivity contribution in [2.45, 2.75) is 13.3 Å². The van der Waals surface area contributed by atoms with Crippen molar-refractivity contribution in [1.29, 1.82) is 0 Å². The molecule has 1 heterocycles. The topological polar surface area (TPSA) is 52.1 Å². The summed E-state index contributed by atoms with van der Waals surface area (Å²) in [5.74, 6) is -0.0360. The second-order valence-corrected chi connectivity index (χ2v) is 5.21. The molecule has 20 heavy (non-hydrogen) atoms. The van der Waals surface area contributed by atoms with Crippen molar-refractivity contribution in [3.05, 3.63) is 47.9 Å². The number of esters is 1. The monoisotopic (exact) mass is 288 g/mol. The largest absolute Gasteiger partial charge is 0.461 e. The molecule has 0 saturated carbocycles. The average Bonchev–Trinajstić information content (AvgIpc) is 2.97. The number of ether oxygens (including phenoxy) is 1. The van der Waals surface area contributed by atoms with Crippen LogP contribution in [0.1, 0.15) is 23.0 Å². The third kappa shape index (κ3) is 3.51. The van der Waals surface area contributed by atoms with Crippen LogP contribution in [0.3, 0.4) is 0 Å². The maximum absolute atomic E-state index is 12.1. The van der Waals surface area contributed by atoms with Gasteiger partial charge in [-0.15, -0.1) is 11.7 Å². The smallest absolute Gasteiger partial charge is 0.352 e. The Bertz CT molecular complexity index is 581. The number of hydrogen-bond acceptors (Lipinski definition) is 5. The van der Waals surface area contributed by atoms with Crippen LogP contribution < -0.4 is 0 Å². The molecular weight excluding hydrogens is 272 g/mol. The van der Waals surface area contributed by atoms with E-state index in [-0.39, 0.29) is 5.97 Å². The zero-order chi connectivity index (χ0) is 14.4. The lowest BCUT2D eigenvalue weighted by Gasteiger charge is -2.06. The van der Waals surface area contributed by atoms with E-state index in [2.05, 4.69) is 16.2 Å². The van der Waals surface area contributed by atoms with Gasteiger partial charge in [-0.2, -0.15) is 0 Å². The van der Waals surface area contributed by atoms with Gasteiger partial charge in [-0.25, -0.2) is 4.79 Å². The van der Waals surface area contributed by atoms with Crippen molar-refractivity contribution >= 4 is 17.5 Å². The van der Waals surface area contributed by atoms with Crippen LogP contribution in [0, 0.1) is 5.92 Å². The summed E-state index contributed by atoms with van der Waals surface area (Å²) in [4.78, 5) is 12.5. The first-order chi connectivity index (χ1) is 9.72. The van der Waals surface area contributed by atoms with Gasteiger partial charge in [-0.1, -0.05) is 47.8 Å². The van der Waals surface area contributed by atoms with Crippen LogP contribution in [0.25, 0.3) is 11.3 Å². The van der Waals surface area contributed by atoms with Crippen LogP contribution in [0.5, 0.6) is 0 Å². The Morgan fingerprint density at radius 3 is 2.90 bits per heavy atom. The van der Waals surface area contributed by atoms with Crippen molar-refractivity contribution in [3.63, 3.8) is 0 Å². The molecule has 0 aliphatic heterocycles. The van der Waals surface area contributed by atoms with Gasteiger partial charge in [0.1, 0.15) is 5.69 Å². The first-order valence-electron chi connectivity index (χ1n) is 6.40. The minimum Gasteiger partial charge on any atom is -0.461 e. The van der Waals surface area contributed by atoms with Crippen LogP contribution >= 0.6 is 11.5 Å². The Morgan fingerprint density at radius 1 is 1.45 bits per heavy atom. The Kier molecular flexibility index (Phi) is 5.01. The number of aromatic nitrogens is 2. The van der Waals surface area contributed by atoms with E-state index in [1.807, 2.05) is 43.3 Å². The predicted octanol–water partition coefficient (Wildman–Crippen LogP) is 3.57. The van der Waals surface area contributed by atoms with E-state index in [9.17, 15) is 4.79 Å². The molecule has 0 N–H and O–H groups in total. The van der Waals surface area contributed by atoms with E-state index >= 15 is 0 Å². The molecule has 2 aromatic rings. The number of hydrogen-bond donors (Lipinski definition) is 0. The predicted molar refractivity (Wildman–Crippen MR) is 79.6 cm³/mol. The second-order valence-electron chi connectivity index (χ2n) is 4.45. The van der Waals surface area contributed by atoms with Gasteiger partial charge in [0.15, 0.2) is 4.88 Å². The van der Waals surface area contributed by atoms with Crippen molar-refractivity contribution in [1.82, 2.24) is 9.59 Å². The molecule has 1 aromatic heterocycles. The molecule has 0 aliphatic carbocycles. The molecule has 1 atom stereocenters. The van der Waals surface area contributed by atoms with Gasteiger partial charge >= 0.3 is 5.97 Å². The van der Waals surface area contributed by atoms with Crippen LogP contribution in [0.15, 0.2) is 43.0 Å². The molecule has 0 fully saturated rings. The first kappa shape index (κ1) is 14.4. The number of carbonyl (C=O) groups excluding carboxylic acids is 1. The van der Waals surface area contributed by atoms with E-state index in [0.717, 1.165) is 23.5 Å². The van der Waals surface area contributed by atoms with Crippen molar-refractivity contribution in [2.75, 3.05) is 6.61 Å². The molecule has 4 nitrogen and oxygen atoms in total. The maximum Gasteiger partial charge on any atom is 0.352 e. The minimum absolute atomic E-state index is 0.330. The van der Waals surface area contributed by atoms with Gasteiger partial charge in [0.2, 0.25) is 0 Å². The van der Waals surface area contributed by atoms with E-state index in [1.54, 1.807) is 0 Å². The summed E-state index contributed by atoms with van der Waals surface area (Å²) >= 11 is 1.06. The fourth-order valence-electron chi connectivity index (χ4n) is 1.63. The summed E-state index contributed by atoms with van der Waals surface area (Å²) in [5, 5.41) is 4.02. The van der Waals surface area contributed by atoms with Crippen molar-refractivity contribution in [2.24, 2.45) is 5.92 Å². The lowest BCUT2D eigenvalue weighted by molar-refractivity contribution is 0.0498. The van der Waals surface area contributed by atoms with Gasteiger partial charge in [-0.05, 0) is 23.9 Å². The normalized spacial score (nSPS) is 11.8. The highest BCUT2D eigenvalue weighted by atomic mass is 32.1. The van der Waals surface area contributed by atoms with Gasteiger partial charge in [-0.3, -0.25) is 0 Å². The highest BCUT2D eigenvalue weighted by molar-refractivity contribution is 7.08. The third-order valence-corrected chi connectivity index (χ3v) is 3.64. The molecule has 0 aliphatic rings. The third-order valence-electron chi connectivity index (χ3n) is 2.93. The Hall–Kier alpha value is -2.01. The summed E-state index contributed by atoms with van der Waals surface area (Å²) in [7, 11) is 0. The zero-order valence-electron chi connectivity index (χ0n) is 11.3. The highest BCUT2D eigenvalue weighted by Crippen LogP contribution is 2.24. The Labute approximate surface area is 122 Å². The Morgan fingerprint density at radius 2 is 2.20 bits per heavy atom. The number of carbonyl (C=O) groups is 1. The van der Waals surface area contributed by atoms with Gasteiger partial charge in [0.25, 0.3) is 0 Å². The minimum atomic E-state index is -0.366. The molecular formula is C15H16N2O2S. The summed E-state index contributed by atoms with van der Waals surface area (Å²) in [6.07, 6.45) is 2.61. The zero-order valence-corrected chi connectivity index (χ0v) is 12.1. The van der Waals surface area contributed by atoms with Crippen LogP contribution in [-0.4, -0.2) is 22.2 Å². The summed E-state index contributed by atoms with van der Waals surface area (Å²) < 4.78 is 9.12. The van der Waals surface area contributed by atoms with E-state index < -0.39 is 0 Å². The molecule has 104 valence electrons. The SMILES string of the molecule is C=CC(C)CCOC(=O)c1snnc1-c1ccccc1. The van der Waals surface area contributed by atoms with Crippen LogP contribution in [-0.2, 0) is 4.74 Å². The average molecular weight is 288 g/mol. The molecule has 0 radical (unpaired) electrons. The van der Waals surface area contributed by atoms with E-state index in [1.165, 1.54) is 0 Å². The van der Waals surface area contributed by atoms with Crippen molar-refractivity contribution in [3.8, 4) is 11.3 Å². The summed E-state index contributed by atoms with van der Waals surface area (Å²) in [5.41, 5.74) is 1.45. The number of rotatable bonds is 6. The molecule has 2 rings (SSSR count). The standard InChI is InChI=1S/C15H16N2O2S/c1-3-11(2)9-10-19-15(18)14-13(16-17-20-14)12-7-5-4-6-8-12/h3-8,11H,1,9-10H2,2H3.